The largest absolute Gasteiger partial charge is 0.392 e. The van der Waals surface area contributed by atoms with Crippen LogP contribution < -0.4 is 0 Å². The molecule has 0 heterocycles. The van der Waals surface area contributed by atoms with E-state index in [1.54, 1.807) is 0 Å². The smallest absolute Gasteiger partial charge is 0.0634 e. The fourth-order valence-electron chi connectivity index (χ4n) is 2.23. The van der Waals surface area contributed by atoms with Crippen LogP contribution in [0.1, 0.15) is 31.4 Å². The van der Waals surface area contributed by atoms with Gasteiger partial charge in [0.15, 0.2) is 0 Å². The van der Waals surface area contributed by atoms with E-state index in [0.29, 0.717) is 0 Å². The van der Waals surface area contributed by atoms with Crippen molar-refractivity contribution in [2.75, 3.05) is 0 Å². The third-order valence-electron chi connectivity index (χ3n) is 3.28. The number of hydrogen-bond donors (Lipinski definition) is 1. The van der Waals surface area contributed by atoms with Gasteiger partial charge < -0.3 is 5.11 Å². The summed E-state index contributed by atoms with van der Waals surface area (Å²) in [4.78, 5) is 0. The van der Waals surface area contributed by atoms with Crippen molar-refractivity contribution in [2.24, 2.45) is 0 Å². The van der Waals surface area contributed by atoms with E-state index in [4.69, 9.17) is 11.6 Å². The summed E-state index contributed by atoms with van der Waals surface area (Å²) in [5, 5.41) is 10.7. The molecule has 2 rings (SSSR count). The summed E-state index contributed by atoms with van der Waals surface area (Å²) in [5.74, 6) is 0. The Morgan fingerprint density at radius 2 is 2.14 bits per heavy atom. The predicted octanol–water partition coefficient (Wildman–Crippen LogP) is 2.92. The van der Waals surface area contributed by atoms with E-state index >= 15 is 0 Å². The Morgan fingerprint density at radius 3 is 2.86 bits per heavy atom. The molecule has 76 valence electrons. The van der Waals surface area contributed by atoms with Gasteiger partial charge in [0.1, 0.15) is 0 Å². The van der Waals surface area contributed by atoms with E-state index in [0.717, 1.165) is 17.9 Å². The van der Waals surface area contributed by atoms with Crippen molar-refractivity contribution in [1.82, 2.24) is 0 Å². The molecule has 1 aliphatic carbocycles. The zero-order valence-corrected chi connectivity index (χ0v) is 9.30. The molecule has 1 atom stereocenters. The average molecular weight is 211 g/mol. The molecule has 1 unspecified atom stereocenters. The molecule has 1 nitrogen and oxygen atoms in total. The summed E-state index contributed by atoms with van der Waals surface area (Å²) in [6.07, 6.45) is 1.53. The van der Waals surface area contributed by atoms with E-state index in [1.807, 2.05) is 18.2 Å². The lowest BCUT2D eigenvalue weighted by molar-refractivity contribution is 0.0831. The van der Waals surface area contributed by atoms with Crippen molar-refractivity contribution in [3.05, 3.63) is 34.3 Å². The number of aliphatic hydroxyl groups is 1. The zero-order valence-electron chi connectivity index (χ0n) is 8.55. The summed E-state index contributed by atoms with van der Waals surface area (Å²) < 4.78 is 0. The number of hydrogen-bond acceptors (Lipinski definition) is 1. The molecule has 1 aromatic carbocycles. The summed E-state index contributed by atoms with van der Waals surface area (Å²) in [7, 11) is 0. The van der Waals surface area contributed by atoms with Crippen molar-refractivity contribution in [2.45, 2.75) is 38.2 Å². The molecule has 1 N–H and O–H groups in total. The fourth-order valence-corrected chi connectivity index (χ4v) is 2.42. The third kappa shape index (κ3) is 1.45. The Bertz CT molecular complexity index is 357. The molecule has 0 fully saturated rings. The quantitative estimate of drug-likeness (QED) is 0.698. The predicted molar refractivity (Wildman–Crippen MR) is 58.8 cm³/mol. The Hall–Kier alpha value is -0.530. The van der Waals surface area contributed by atoms with E-state index in [2.05, 4.69) is 13.8 Å². The normalized spacial score (nSPS) is 24.4. The van der Waals surface area contributed by atoms with Gasteiger partial charge >= 0.3 is 0 Å². The molecule has 2 heteroatoms. The van der Waals surface area contributed by atoms with E-state index < -0.39 is 0 Å². The first kappa shape index (κ1) is 10.0. The van der Waals surface area contributed by atoms with Gasteiger partial charge in [-0.1, -0.05) is 31.5 Å². The van der Waals surface area contributed by atoms with Gasteiger partial charge in [-0.05, 0) is 36.1 Å². The minimum Gasteiger partial charge on any atom is -0.392 e. The standard InChI is InChI=1S/C12H15ClO/c1-12(2)10-5-4-9(13)7-8(10)3-6-11(12)14/h4-5,7,11,14H,3,6H2,1-2H3. The lowest BCUT2D eigenvalue weighted by Crippen LogP contribution is -2.38. The molecular formula is C12H15ClO. The number of fused-ring (bicyclic) bond motifs is 1. The van der Waals surface area contributed by atoms with E-state index in [1.165, 1.54) is 11.1 Å². The van der Waals surface area contributed by atoms with Crippen LogP contribution in [0, 0.1) is 0 Å². The second-order valence-corrected chi connectivity index (χ2v) is 5.01. The molecule has 0 radical (unpaired) electrons. The maximum Gasteiger partial charge on any atom is 0.0634 e. The third-order valence-corrected chi connectivity index (χ3v) is 3.52. The van der Waals surface area contributed by atoms with E-state index in [9.17, 15) is 5.11 Å². The van der Waals surface area contributed by atoms with Crippen LogP contribution in [0.25, 0.3) is 0 Å². The highest BCUT2D eigenvalue weighted by molar-refractivity contribution is 6.30. The first-order chi connectivity index (χ1) is 6.51. The Labute approximate surface area is 89.7 Å². The minimum absolute atomic E-state index is 0.141. The number of rotatable bonds is 0. The fraction of sp³-hybridized carbons (Fsp3) is 0.500. The molecule has 14 heavy (non-hydrogen) atoms. The maximum absolute atomic E-state index is 9.92. The molecule has 1 aliphatic rings. The summed E-state index contributed by atoms with van der Waals surface area (Å²) in [5.41, 5.74) is 2.38. The topological polar surface area (TPSA) is 20.2 Å². The molecule has 0 aromatic heterocycles. The lowest BCUT2D eigenvalue weighted by atomic mass is 9.71. The highest BCUT2D eigenvalue weighted by atomic mass is 35.5. The lowest BCUT2D eigenvalue weighted by Gasteiger charge is -2.37. The van der Waals surface area contributed by atoms with Crippen molar-refractivity contribution < 1.29 is 5.11 Å². The van der Waals surface area contributed by atoms with Crippen LogP contribution in [0.3, 0.4) is 0 Å². The van der Waals surface area contributed by atoms with Crippen LogP contribution in [-0.2, 0) is 11.8 Å². The van der Waals surface area contributed by atoms with Crippen molar-refractivity contribution in [3.8, 4) is 0 Å². The molecule has 0 bridgehead atoms. The summed E-state index contributed by atoms with van der Waals surface area (Å²) in [6.45, 7) is 4.17. The van der Waals surface area contributed by atoms with Crippen molar-refractivity contribution in [3.63, 3.8) is 0 Å². The van der Waals surface area contributed by atoms with Gasteiger partial charge in [-0.3, -0.25) is 0 Å². The Morgan fingerprint density at radius 1 is 1.43 bits per heavy atom. The molecule has 0 amide bonds. The Balaban J connectivity index is 2.53. The van der Waals surface area contributed by atoms with Gasteiger partial charge in [0.25, 0.3) is 0 Å². The van der Waals surface area contributed by atoms with Crippen LogP contribution in [-0.4, -0.2) is 11.2 Å². The second kappa shape index (κ2) is 3.25. The van der Waals surface area contributed by atoms with Gasteiger partial charge in [-0.25, -0.2) is 0 Å². The van der Waals surface area contributed by atoms with Crippen molar-refractivity contribution >= 4 is 11.6 Å². The van der Waals surface area contributed by atoms with Gasteiger partial charge in [0.2, 0.25) is 0 Å². The summed E-state index contributed by atoms with van der Waals surface area (Å²) in [6, 6.07) is 5.96. The SMILES string of the molecule is CC1(C)c2ccc(Cl)cc2CCC1O. The molecule has 0 spiro atoms. The Kier molecular flexibility index (Phi) is 2.32. The van der Waals surface area contributed by atoms with Crippen LogP contribution in [0.5, 0.6) is 0 Å². The first-order valence-electron chi connectivity index (χ1n) is 4.99. The number of benzene rings is 1. The number of halogens is 1. The number of aryl methyl sites for hydroxylation is 1. The minimum atomic E-state index is -0.240. The first-order valence-corrected chi connectivity index (χ1v) is 5.36. The zero-order chi connectivity index (χ0) is 10.3. The van der Waals surface area contributed by atoms with Crippen LogP contribution >= 0.6 is 11.6 Å². The molecular weight excluding hydrogens is 196 g/mol. The molecule has 1 aromatic rings. The van der Waals surface area contributed by atoms with Crippen molar-refractivity contribution in [1.29, 1.82) is 0 Å². The second-order valence-electron chi connectivity index (χ2n) is 4.58. The highest BCUT2D eigenvalue weighted by Gasteiger charge is 2.35. The van der Waals surface area contributed by atoms with Gasteiger partial charge in [-0.15, -0.1) is 0 Å². The van der Waals surface area contributed by atoms with Crippen LogP contribution in [0.2, 0.25) is 5.02 Å². The highest BCUT2D eigenvalue weighted by Crippen LogP contribution is 2.37. The average Bonchev–Trinajstić information content (AvgIpc) is 2.12. The molecule has 0 aliphatic heterocycles. The molecule has 0 saturated carbocycles. The number of aliphatic hydroxyl groups excluding tert-OH is 1. The van der Waals surface area contributed by atoms with Gasteiger partial charge in [0.05, 0.1) is 6.10 Å². The molecule has 0 saturated heterocycles. The van der Waals surface area contributed by atoms with Gasteiger partial charge in [-0.2, -0.15) is 0 Å². The van der Waals surface area contributed by atoms with Crippen LogP contribution in [0.15, 0.2) is 18.2 Å². The maximum atomic E-state index is 9.92. The van der Waals surface area contributed by atoms with Crippen LogP contribution in [0.4, 0.5) is 0 Å². The van der Waals surface area contributed by atoms with Gasteiger partial charge in [0, 0.05) is 10.4 Å². The summed E-state index contributed by atoms with van der Waals surface area (Å²) >= 11 is 5.94. The van der Waals surface area contributed by atoms with E-state index in [-0.39, 0.29) is 11.5 Å². The monoisotopic (exact) mass is 210 g/mol.